The largest absolute Gasteiger partial charge is 0.493 e. The third kappa shape index (κ3) is 10.1. The molecule has 0 saturated heterocycles. The van der Waals surface area contributed by atoms with Gasteiger partial charge in [-0.2, -0.15) is 0 Å². The molecule has 3 aromatic rings. The molecule has 1 saturated carbocycles. The zero-order valence-corrected chi connectivity index (χ0v) is 28.7. The average Bonchev–Trinajstić information content (AvgIpc) is 3.92. The minimum absolute atomic E-state index is 0.0773. The fourth-order valence-electron chi connectivity index (χ4n) is 4.94. The maximum absolute atomic E-state index is 15.5. The third-order valence-electron chi connectivity index (χ3n) is 8.00. The lowest BCUT2D eigenvalue weighted by molar-refractivity contribution is -0.139. The predicted molar refractivity (Wildman–Crippen MR) is 187 cm³/mol. The summed E-state index contributed by atoms with van der Waals surface area (Å²) in [5.74, 6) is -1.33. The topological polar surface area (TPSA) is 124 Å². The van der Waals surface area contributed by atoms with E-state index in [1.54, 1.807) is 12.1 Å². The van der Waals surface area contributed by atoms with Crippen LogP contribution in [0.2, 0.25) is 0 Å². The van der Waals surface area contributed by atoms with Crippen LogP contribution in [0.3, 0.4) is 0 Å². The minimum atomic E-state index is -1.30. The van der Waals surface area contributed by atoms with Crippen LogP contribution in [0.15, 0.2) is 72.8 Å². The highest BCUT2D eigenvalue weighted by molar-refractivity contribution is 6.16. The number of rotatable bonds is 18. The maximum Gasteiger partial charge on any atom is 0.319 e. The molecule has 50 heavy (non-hydrogen) atoms. The van der Waals surface area contributed by atoms with E-state index >= 15 is 4.39 Å². The first-order valence-corrected chi connectivity index (χ1v) is 16.4. The van der Waals surface area contributed by atoms with Gasteiger partial charge in [-0.05, 0) is 99.3 Å². The molecule has 0 bridgehead atoms. The van der Waals surface area contributed by atoms with E-state index in [0.29, 0.717) is 60.9 Å². The van der Waals surface area contributed by atoms with Gasteiger partial charge in [0.1, 0.15) is 17.0 Å². The molecule has 12 heteroatoms. The number of nitrogens with one attached hydrogen (secondary N) is 3. The van der Waals surface area contributed by atoms with Crippen LogP contribution < -0.4 is 30.2 Å². The highest BCUT2D eigenvalue weighted by atomic mass is 19.1. The van der Waals surface area contributed by atoms with Crippen molar-refractivity contribution < 1.29 is 42.1 Å². The van der Waals surface area contributed by atoms with Crippen molar-refractivity contribution in [1.29, 1.82) is 0 Å². The molecule has 0 spiro atoms. The van der Waals surface area contributed by atoms with Gasteiger partial charge in [0.05, 0.1) is 27.4 Å². The number of hydrogen-bond acceptors (Lipinski definition) is 8. The Morgan fingerprint density at radius 2 is 1.60 bits per heavy atom. The zero-order chi connectivity index (χ0) is 36.1. The molecular formula is C38H43F2N3O7. The Kier molecular flexibility index (Phi) is 13.5. The van der Waals surface area contributed by atoms with E-state index < -0.39 is 28.9 Å². The number of unbranched alkanes of at least 4 members (excludes halogenated alkanes) is 1. The van der Waals surface area contributed by atoms with E-state index in [1.165, 1.54) is 50.6 Å². The highest BCUT2D eigenvalue weighted by Crippen LogP contribution is 2.47. The Balaban J connectivity index is 1.46. The summed E-state index contributed by atoms with van der Waals surface area (Å²) in [6.07, 6.45) is 8.67. The number of halogens is 2. The summed E-state index contributed by atoms with van der Waals surface area (Å²) in [5.41, 5.74) is 0.670. The first-order valence-electron chi connectivity index (χ1n) is 16.4. The molecule has 0 aliphatic heterocycles. The van der Waals surface area contributed by atoms with Gasteiger partial charge < -0.3 is 34.9 Å². The Morgan fingerprint density at radius 3 is 2.24 bits per heavy atom. The van der Waals surface area contributed by atoms with Crippen LogP contribution in [0.25, 0.3) is 5.76 Å². The van der Waals surface area contributed by atoms with Crippen LogP contribution in [-0.4, -0.2) is 51.7 Å². The van der Waals surface area contributed by atoms with E-state index in [1.807, 2.05) is 25.1 Å². The number of ether oxygens (including phenoxy) is 4. The number of hydrogen-bond donors (Lipinski definition) is 3. The normalized spacial score (nSPS) is 13.4. The molecule has 0 atom stereocenters. The summed E-state index contributed by atoms with van der Waals surface area (Å²) in [4.78, 5) is 37.3. The van der Waals surface area contributed by atoms with Crippen LogP contribution >= 0.6 is 0 Å². The molecule has 4 rings (SSSR count). The quantitative estimate of drug-likeness (QED) is 0.0431. The summed E-state index contributed by atoms with van der Waals surface area (Å²) >= 11 is 0. The van der Waals surface area contributed by atoms with Crippen molar-refractivity contribution in [2.75, 3.05) is 44.5 Å². The molecule has 3 aromatic carbocycles. The van der Waals surface area contributed by atoms with Crippen LogP contribution in [0.5, 0.6) is 17.2 Å². The van der Waals surface area contributed by atoms with E-state index in [4.69, 9.17) is 14.2 Å². The second kappa shape index (κ2) is 18.0. The molecule has 0 aromatic heterocycles. The lowest BCUT2D eigenvalue weighted by Crippen LogP contribution is -2.35. The molecule has 3 N–H and O–H groups in total. The van der Waals surface area contributed by atoms with Crippen molar-refractivity contribution in [2.24, 2.45) is 5.41 Å². The highest BCUT2D eigenvalue weighted by Gasteiger charge is 2.56. The molecule has 0 unspecified atom stereocenters. The molecule has 1 aliphatic rings. The van der Waals surface area contributed by atoms with Crippen LogP contribution in [-0.2, 0) is 19.1 Å². The van der Waals surface area contributed by atoms with Gasteiger partial charge in [0.25, 0.3) is 0 Å². The summed E-state index contributed by atoms with van der Waals surface area (Å²) in [5, 5.41) is 8.29. The van der Waals surface area contributed by atoms with Crippen LogP contribution in [0, 0.1) is 24.0 Å². The number of anilines is 2. The smallest absolute Gasteiger partial charge is 0.319 e. The number of aryl methyl sites for hydroxylation is 1. The molecule has 0 heterocycles. The van der Waals surface area contributed by atoms with E-state index in [0.717, 1.165) is 24.5 Å². The minimum Gasteiger partial charge on any atom is -0.493 e. The predicted octanol–water partition coefficient (Wildman–Crippen LogP) is 6.95. The molecular weight excluding hydrogens is 648 g/mol. The third-order valence-corrected chi connectivity index (χ3v) is 8.00. The van der Waals surface area contributed by atoms with Crippen molar-refractivity contribution in [3.05, 3.63) is 95.6 Å². The van der Waals surface area contributed by atoms with Crippen LogP contribution in [0.4, 0.5) is 20.2 Å². The van der Waals surface area contributed by atoms with Gasteiger partial charge in [0, 0.05) is 23.0 Å². The van der Waals surface area contributed by atoms with E-state index in [-0.39, 0.29) is 24.0 Å². The van der Waals surface area contributed by atoms with Crippen molar-refractivity contribution in [3.8, 4) is 17.2 Å². The van der Waals surface area contributed by atoms with E-state index in [9.17, 15) is 18.8 Å². The van der Waals surface area contributed by atoms with Crippen molar-refractivity contribution in [2.45, 2.75) is 46.0 Å². The fraction of sp³-hybridized carbons (Fsp3) is 0.342. The number of methoxy groups -OCH3 is 2. The van der Waals surface area contributed by atoms with Crippen molar-refractivity contribution >= 4 is 34.9 Å². The van der Waals surface area contributed by atoms with Crippen molar-refractivity contribution in [1.82, 2.24) is 5.32 Å². The lowest BCUT2D eigenvalue weighted by atomic mass is 10.0. The standard InChI is InChI=1S/C38H43F2N3O7/c1-5-6-7-8-10-31(29-23-33(47-3)34(21-25(29)2)49-20-9-19-41-24-35(44)48-4)50-32-16-15-28(22-30(32)40)43-37(46)38(17-18-38)36(45)42-27-13-11-26(39)12-14-27/h7-8,10-16,21-23,41H,5-6,9,17-20,24H2,1-4H3,(H,42,45)(H,43,46). The first-order chi connectivity index (χ1) is 24.1. The number of benzene rings is 3. The molecule has 1 aliphatic carbocycles. The lowest BCUT2D eigenvalue weighted by Gasteiger charge is -2.18. The summed E-state index contributed by atoms with van der Waals surface area (Å²) < 4.78 is 51.1. The maximum atomic E-state index is 15.5. The number of amides is 2. The van der Waals surface area contributed by atoms with Gasteiger partial charge >= 0.3 is 5.97 Å². The second-order valence-corrected chi connectivity index (χ2v) is 11.8. The second-order valence-electron chi connectivity index (χ2n) is 11.8. The number of esters is 1. The average molecular weight is 692 g/mol. The summed E-state index contributed by atoms with van der Waals surface area (Å²) in [7, 11) is 2.86. The van der Waals surface area contributed by atoms with Gasteiger partial charge in [0.15, 0.2) is 23.1 Å². The monoisotopic (exact) mass is 691 g/mol. The van der Waals surface area contributed by atoms with Gasteiger partial charge in [-0.25, -0.2) is 8.78 Å². The summed E-state index contributed by atoms with van der Waals surface area (Å²) in [6.45, 7) is 4.99. The van der Waals surface area contributed by atoms with Gasteiger partial charge in [-0.3, -0.25) is 14.4 Å². The Hall–Kier alpha value is -5.23. The Morgan fingerprint density at radius 1 is 0.900 bits per heavy atom. The molecule has 10 nitrogen and oxygen atoms in total. The Labute approximate surface area is 290 Å². The fourth-order valence-corrected chi connectivity index (χ4v) is 4.94. The van der Waals surface area contributed by atoms with Gasteiger partial charge in [-0.15, -0.1) is 0 Å². The zero-order valence-electron chi connectivity index (χ0n) is 28.7. The van der Waals surface area contributed by atoms with Gasteiger partial charge in [0.2, 0.25) is 11.8 Å². The molecule has 1 fully saturated rings. The first kappa shape index (κ1) is 37.6. The molecule has 266 valence electrons. The Bertz CT molecular complexity index is 1720. The van der Waals surface area contributed by atoms with Crippen molar-refractivity contribution in [3.63, 3.8) is 0 Å². The summed E-state index contributed by atoms with van der Waals surface area (Å²) in [6, 6.07) is 12.9. The molecule has 2 amide bonds. The van der Waals surface area contributed by atoms with E-state index in [2.05, 4.69) is 27.6 Å². The van der Waals surface area contributed by atoms with Gasteiger partial charge in [-0.1, -0.05) is 25.5 Å². The number of carbonyl (C=O) groups excluding carboxylic acids is 3. The number of carbonyl (C=O) groups is 3. The SMILES string of the molecule is CCCC=CC=C(Oc1ccc(NC(=O)C2(C(=O)Nc3ccc(F)cc3)CC2)cc1F)c1cc(OC)c(OCCCNCC(=O)OC)cc1C. The molecule has 0 radical (unpaired) electrons. The number of allylic oxidation sites excluding steroid dienone is 3. The van der Waals surface area contributed by atoms with Crippen LogP contribution in [0.1, 0.15) is 50.2 Å².